The number of urea groups is 1. The first-order valence-corrected chi connectivity index (χ1v) is 6.82. The van der Waals surface area contributed by atoms with Crippen LogP contribution in [0.5, 0.6) is 0 Å². The number of nitrogens with zero attached hydrogens (tertiary/aromatic N) is 2. The number of carbonyl (C=O) groups excluding carboxylic acids is 1. The van der Waals surface area contributed by atoms with Crippen LogP contribution in [0.2, 0.25) is 5.02 Å². The van der Waals surface area contributed by atoms with E-state index in [1.165, 1.54) is 0 Å². The Morgan fingerprint density at radius 1 is 0.955 bits per heavy atom. The van der Waals surface area contributed by atoms with Gasteiger partial charge in [0.2, 0.25) is 5.82 Å². The third kappa shape index (κ3) is 3.24. The summed E-state index contributed by atoms with van der Waals surface area (Å²) in [5, 5.41) is 13.4. The van der Waals surface area contributed by atoms with Crippen molar-refractivity contribution in [3.63, 3.8) is 0 Å². The normalized spacial score (nSPS) is 10.2. The zero-order chi connectivity index (χ0) is 15.4. The first-order chi connectivity index (χ1) is 10.7. The molecule has 2 amide bonds. The molecule has 110 valence electrons. The van der Waals surface area contributed by atoms with E-state index in [4.69, 9.17) is 16.2 Å². The van der Waals surface area contributed by atoms with Gasteiger partial charge in [0.05, 0.1) is 0 Å². The van der Waals surface area contributed by atoms with Gasteiger partial charge in [-0.2, -0.15) is 0 Å². The third-order valence-electron chi connectivity index (χ3n) is 2.87. The highest BCUT2D eigenvalue weighted by molar-refractivity contribution is 6.30. The zero-order valence-electron chi connectivity index (χ0n) is 11.3. The quantitative estimate of drug-likeness (QED) is 0.764. The second-order valence-electron chi connectivity index (χ2n) is 4.41. The minimum atomic E-state index is -0.433. The summed E-state index contributed by atoms with van der Waals surface area (Å²) in [6.07, 6.45) is 0. The maximum Gasteiger partial charge on any atom is 0.325 e. The molecule has 2 aromatic carbocycles. The van der Waals surface area contributed by atoms with Crippen LogP contribution in [0, 0.1) is 0 Å². The van der Waals surface area contributed by atoms with Crippen molar-refractivity contribution >= 4 is 29.1 Å². The van der Waals surface area contributed by atoms with E-state index in [9.17, 15) is 4.79 Å². The summed E-state index contributed by atoms with van der Waals surface area (Å²) in [5.74, 6) is 0.232. The summed E-state index contributed by atoms with van der Waals surface area (Å²) in [4.78, 5) is 12.0. The van der Waals surface area contributed by atoms with E-state index in [1.54, 1.807) is 36.4 Å². The lowest BCUT2D eigenvalue weighted by Gasteiger charge is -2.05. The maximum absolute atomic E-state index is 12.0. The molecule has 3 aromatic rings. The number of halogens is 1. The van der Waals surface area contributed by atoms with Crippen LogP contribution in [0.3, 0.4) is 0 Å². The van der Waals surface area contributed by atoms with Crippen molar-refractivity contribution < 1.29 is 9.42 Å². The third-order valence-corrected chi connectivity index (χ3v) is 3.12. The molecule has 0 saturated carbocycles. The lowest BCUT2D eigenvalue weighted by atomic mass is 10.1. The van der Waals surface area contributed by atoms with E-state index < -0.39 is 6.03 Å². The molecule has 0 radical (unpaired) electrons. The summed E-state index contributed by atoms with van der Waals surface area (Å²) in [6, 6.07) is 15.6. The van der Waals surface area contributed by atoms with Gasteiger partial charge in [0.25, 0.3) is 0 Å². The number of hydrogen-bond acceptors (Lipinski definition) is 4. The Morgan fingerprint density at radius 3 is 2.41 bits per heavy atom. The van der Waals surface area contributed by atoms with Crippen molar-refractivity contribution in [2.24, 2.45) is 0 Å². The van der Waals surface area contributed by atoms with Gasteiger partial charge >= 0.3 is 6.03 Å². The van der Waals surface area contributed by atoms with Crippen LogP contribution in [0.25, 0.3) is 11.3 Å². The molecule has 0 atom stereocenters. The van der Waals surface area contributed by atoms with Gasteiger partial charge in [0, 0.05) is 16.3 Å². The number of benzene rings is 2. The molecule has 7 heteroatoms. The fourth-order valence-electron chi connectivity index (χ4n) is 1.86. The van der Waals surface area contributed by atoms with Gasteiger partial charge in [-0.05, 0) is 34.6 Å². The number of hydrogen-bond donors (Lipinski definition) is 2. The highest BCUT2D eigenvalue weighted by Gasteiger charge is 2.15. The van der Waals surface area contributed by atoms with Crippen molar-refractivity contribution in [2.45, 2.75) is 0 Å². The van der Waals surface area contributed by atoms with Crippen LogP contribution >= 0.6 is 11.6 Å². The molecule has 1 heterocycles. The van der Waals surface area contributed by atoms with Gasteiger partial charge in [0.1, 0.15) is 0 Å². The lowest BCUT2D eigenvalue weighted by molar-refractivity contribution is 0.261. The Bertz CT molecular complexity index is 772. The maximum atomic E-state index is 12.0. The molecule has 22 heavy (non-hydrogen) atoms. The molecule has 0 unspecified atom stereocenters. The van der Waals surface area contributed by atoms with Gasteiger partial charge in [-0.15, -0.1) is 0 Å². The molecule has 1 aromatic heterocycles. The lowest BCUT2D eigenvalue weighted by Crippen LogP contribution is -2.19. The van der Waals surface area contributed by atoms with Crippen LogP contribution in [0.4, 0.5) is 16.3 Å². The van der Waals surface area contributed by atoms with E-state index in [-0.39, 0.29) is 5.82 Å². The average Bonchev–Trinajstić information content (AvgIpc) is 2.97. The number of aromatic nitrogens is 2. The van der Waals surface area contributed by atoms with Crippen molar-refractivity contribution in [1.29, 1.82) is 0 Å². The molecule has 0 saturated heterocycles. The molecule has 0 fully saturated rings. The van der Waals surface area contributed by atoms with Crippen LogP contribution in [0.1, 0.15) is 0 Å². The van der Waals surface area contributed by atoms with Crippen molar-refractivity contribution in [2.75, 3.05) is 10.6 Å². The fourth-order valence-corrected chi connectivity index (χ4v) is 1.99. The standard InChI is InChI=1S/C15H11ClN4O2/c16-11-8-6-10(7-9-11)13-14(20-22-19-13)18-15(21)17-12-4-2-1-3-5-12/h1-9H,(H2,17,18,20,21). The van der Waals surface area contributed by atoms with Crippen molar-refractivity contribution in [3.05, 3.63) is 59.6 Å². The molecular weight excluding hydrogens is 304 g/mol. The first kappa shape index (κ1) is 14.1. The smallest absolute Gasteiger partial charge is 0.308 e. The van der Waals surface area contributed by atoms with Gasteiger partial charge in [-0.3, -0.25) is 5.32 Å². The summed E-state index contributed by atoms with van der Waals surface area (Å²) in [6.45, 7) is 0. The highest BCUT2D eigenvalue weighted by Crippen LogP contribution is 2.25. The van der Waals surface area contributed by atoms with E-state index in [0.29, 0.717) is 16.4 Å². The van der Waals surface area contributed by atoms with Gasteiger partial charge < -0.3 is 5.32 Å². The van der Waals surface area contributed by atoms with E-state index in [2.05, 4.69) is 20.9 Å². The molecule has 0 aliphatic heterocycles. The van der Waals surface area contributed by atoms with Crippen LogP contribution in [0.15, 0.2) is 59.2 Å². The summed E-state index contributed by atoms with van der Waals surface area (Å²) < 4.78 is 4.71. The van der Waals surface area contributed by atoms with E-state index in [1.807, 2.05) is 18.2 Å². The Balaban J connectivity index is 1.75. The second-order valence-corrected chi connectivity index (χ2v) is 4.85. The molecule has 0 bridgehead atoms. The number of anilines is 2. The van der Waals surface area contributed by atoms with Crippen LogP contribution in [-0.2, 0) is 0 Å². The summed E-state index contributed by atoms with van der Waals surface area (Å²) >= 11 is 5.85. The highest BCUT2D eigenvalue weighted by atomic mass is 35.5. The minimum absolute atomic E-state index is 0.232. The van der Waals surface area contributed by atoms with Gasteiger partial charge in [-0.25, -0.2) is 9.42 Å². The molecular formula is C15H11ClN4O2. The predicted octanol–water partition coefficient (Wildman–Crippen LogP) is 4.03. The topological polar surface area (TPSA) is 80.0 Å². The van der Waals surface area contributed by atoms with Crippen molar-refractivity contribution in [3.8, 4) is 11.3 Å². The minimum Gasteiger partial charge on any atom is -0.308 e. The summed E-state index contributed by atoms with van der Waals surface area (Å²) in [5.41, 5.74) is 1.84. The largest absolute Gasteiger partial charge is 0.325 e. The number of rotatable bonds is 3. The van der Waals surface area contributed by atoms with E-state index >= 15 is 0 Å². The Kier molecular flexibility index (Phi) is 4.02. The Hall–Kier alpha value is -2.86. The Morgan fingerprint density at radius 2 is 1.68 bits per heavy atom. The first-order valence-electron chi connectivity index (χ1n) is 6.44. The molecule has 6 nitrogen and oxygen atoms in total. The number of carbonyl (C=O) groups is 1. The molecule has 3 rings (SSSR count). The molecule has 0 aliphatic carbocycles. The van der Waals surface area contributed by atoms with Crippen LogP contribution in [-0.4, -0.2) is 16.3 Å². The van der Waals surface area contributed by atoms with Gasteiger partial charge in [-0.1, -0.05) is 41.9 Å². The fraction of sp³-hybridized carbons (Fsp3) is 0. The molecule has 0 spiro atoms. The second kappa shape index (κ2) is 6.28. The SMILES string of the molecule is O=C(Nc1ccccc1)Nc1nonc1-c1ccc(Cl)cc1. The zero-order valence-corrected chi connectivity index (χ0v) is 12.0. The van der Waals surface area contributed by atoms with Crippen LogP contribution < -0.4 is 10.6 Å². The summed E-state index contributed by atoms with van der Waals surface area (Å²) in [7, 11) is 0. The molecule has 0 aliphatic rings. The average molecular weight is 315 g/mol. The van der Waals surface area contributed by atoms with E-state index in [0.717, 1.165) is 5.56 Å². The number of nitrogens with one attached hydrogen (secondary N) is 2. The predicted molar refractivity (Wildman–Crippen MR) is 83.8 cm³/mol. The monoisotopic (exact) mass is 314 g/mol. The Labute approximate surface area is 131 Å². The number of amides is 2. The van der Waals surface area contributed by atoms with Crippen molar-refractivity contribution in [1.82, 2.24) is 10.3 Å². The molecule has 2 N–H and O–H groups in total. The van der Waals surface area contributed by atoms with Gasteiger partial charge in [0.15, 0.2) is 5.69 Å². The number of para-hydroxylation sites is 1.